The van der Waals surface area contributed by atoms with Crippen molar-refractivity contribution in [3.8, 4) is 5.75 Å². The van der Waals surface area contributed by atoms with Gasteiger partial charge < -0.3 is 10.1 Å². The van der Waals surface area contributed by atoms with E-state index in [0.29, 0.717) is 29.7 Å². The van der Waals surface area contributed by atoms with E-state index in [0.717, 1.165) is 25.7 Å². The standard InChI is InChI=1S/C21H25NO3/c23-16-12-21(25-17-9-5-4-8-14(16)17)11-10-15-18(19(15)21)20(24)22-13-6-2-1-3-7-13/h4-5,8-9,13,15,18-19H,1-3,6-7,10-12H2,(H,22,24)/t15-,18-,19+,21+/m1/s1. The first kappa shape index (κ1) is 15.4. The van der Waals surface area contributed by atoms with Gasteiger partial charge in [-0.2, -0.15) is 0 Å². The van der Waals surface area contributed by atoms with E-state index >= 15 is 0 Å². The molecule has 0 radical (unpaired) electrons. The predicted molar refractivity (Wildman–Crippen MR) is 93.5 cm³/mol. The third-order valence-electron chi connectivity index (χ3n) is 6.89. The second kappa shape index (κ2) is 5.58. The maximum Gasteiger partial charge on any atom is 0.224 e. The van der Waals surface area contributed by atoms with Crippen LogP contribution in [-0.4, -0.2) is 23.3 Å². The number of hydrogen-bond donors (Lipinski definition) is 1. The van der Waals surface area contributed by atoms with Crippen molar-refractivity contribution in [2.75, 3.05) is 0 Å². The predicted octanol–water partition coefficient (Wildman–Crippen LogP) is 3.50. The van der Waals surface area contributed by atoms with E-state index < -0.39 is 5.60 Å². The molecule has 4 nitrogen and oxygen atoms in total. The molecule has 0 aromatic heterocycles. The molecule has 3 saturated carbocycles. The Kier molecular flexibility index (Phi) is 3.44. The molecule has 0 unspecified atom stereocenters. The molecule has 1 aromatic rings. The van der Waals surface area contributed by atoms with Crippen LogP contribution in [0.5, 0.6) is 5.75 Å². The highest BCUT2D eigenvalue weighted by atomic mass is 16.5. The average molecular weight is 339 g/mol. The number of carbonyl (C=O) groups is 2. The number of fused-ring (bicyclic) bond motifs is 3. The average Bonchev–Trinajstić information content (AvgIpc) is 3.28. The van der Waals surface area contributed by atoms with Crippen LogP contribution in [0.1, 0.15) is 61.7 Å². The smallest absolute Gasteiger partial charge is 0.224 e. The monoisotopic (exact) mass is 339 g/mol. The number of benzene rings is 1. The van der Waals surface area contributed by atoms with Crippen molar-refractivity contribution < 1.29 is 14.3 Å². The second-order valence-electron chi connectivity index (χ2n) is 8.36. The SMILES string of the molecule is O=C1C[C@]2(CC[C@@H]3[C@@H](C(=O)NC4CCCCC4)[C@H]32)Oc2ccccc21. The summed E-state index contributed by atoms with van der Waals surface area (Å²) in [5.41, 5.74) is 0.255. The largest absolute Gasteiger partial charge is 0.486 e. The van der Waals surface area contributed by atoms with Crippen molar-refractivity contribution >= 4 is 11.7 Å². The van der Waals surface area contributed by atoms with E-state index in [-0.39, 0.29) is 23.5 Å². The van der Waals surface area contributed by atoms with Gasteiger partial charge in [0.2, 0.25) is 5.91 Å². The Hall–Kier alpha value is -1.84. The molecule has 3 fully saturated rings. The first-order valence-corrected chi connectivity index (χ1v) is 9.80. The second-order valence-corrected chi connectivity index (χ2v) is 8.36. The van der Waals surface area contributed by atoms with Gasteiger partial charge in [-0.1, -0.05) is 31.4 Å². The zero-order chi connectivity index (χ0) is 17.0. The maximum atomic E-state index is 12.8. The van der Waals surface area contributed by atoms with Crippen molar-refractivity contribution in [2.24, 2.45) is 17.8 Å². The van der Waals surface area contributed by atoms with Crippen LogP contribution in [0.4, 0.5) is 0 Å². The van der Waals surface area contributed by atoms with Gasteiger partial charge in [0.05, 0.1) is 12.0 Å². The third-order valence-corrected chi connectivity index (χ3v) is 6.89. The summed E-state index contributed by atoms with van der Waals surface area (Å²) < 4.78 is 6.37. The van der Waals surface area contributed by atoms with Gasteiger partial charge >= 0.3 is 0 Å². The number of ketones is 1. The molecular formula is C21H25NO3. The molecule has 1 spiro atoms. The number of ether oxygens (including phenoxy) is 1. The van der Waals surface area contributed by atoms with Gasteiger partial charge in [0.1, 0.15) is 11.4 Å². The highest BCUT2D eigenvalue weighted by Crippen LogP contribution is 2.65. The zero-order valence-corrected chi connectivity index (χ0v) is 14.5. The molecule has 3 aliphatic carbocycles. The summed E-state index contributed by atoms with van der Waals surface area (Å²) in [5.74, 6) is 1.75. The van der Waals surface area contributed by atoms with Gasteiger partial charge in [0.15, 0.2) is 5.78 Å². The fourth-order valence-electron chi connectivity index (χ4n) is 5.66. The normalized spacial score (nSPS) is 36.5. The van der Waals surface area contributed by atoms with Crippen LogP contribution in [0.15, 0.2) is 24.3 Å². The summed E-state index contributed by atoms with van der Waals surface area (Å²) in [5, 5.41) is 3.28. The fraction of sp³-hybridized carbons (Fsp3) is 0.619. The van der Waals surface area contributed by atoms with Crippen molar-refractivity contribution in [2.45, 2.75) is 63.0 Å². The number of nitrogens with one attached hydrogen (secondary N) is 1. The van der Waals surface area contributed by atoms with Gasteiger partial charge in [-0.25, -0.2) is 0 Å². The Balaban J connectivity index is 1.33. The van der Waals surface area contributed by atoms with Gasteiger partial charge in [0.25, 0.3) is 0 Å². The Labute approximate surface area is 148 Å². The van der Waals surface area contributed by atoms with Crippen LogP contribution in [-0.2, 0) is 4.79 Å². The molecule has 5 rings (SSSR count). The Morgan fingerprint density at radius 1 is 1.12 bits per heavy atom. The van der Waals surface area contributed by atoms with Crippen LogP contribution in [0, 0.1) is 17.8 Å². The lowest BCUT2D eigenvalue weighted by Gasteiger charge is -2.37. The van der Waals surface area contributed by atoms with Crippen molar-refractivity contribution in [1.29, 1.82) is 0 Å². The van der Waals surface area contributed by atoms with E-state index in [1.165, 1.54) is 19.3 Å². The molecule has 25 heavy (non-hydrogen) atoms. The van der Waals surface area contributed by atoms with E-state index in [2.05, 4.69) is 5.32 Å². The van der Waals surface area contributed by atoms with Gasteiger partial charge in [-0.3, -0.25) is 9.59 Å². The van der Waals surface area contributed by atoms with Crippen LogP contribution < -0.4 is 10.1 Å². The topological polar surface area (TPSA) is 55.4 Å². The van der Waals surface area contributed by atoms with E-state index in [1.807, 2.05) is 24.3 Å². The molecule has 1 aromatic carbocycles. The van der Waals surface area contributed by atoms with E-state index in [9.17, 15) is 9.59 Å². The zero-order valence-electron chi connectivity index (χ0n) is 14.5. The quantitative estimate of drug-likeness (QED) is 0.897. The number of hydrogen-bond acceptors (Lipinski definition) is 3. The molecule has 1 aliphatic heterocycles. The number of amides is 1. The maximum absolute atomic E-state index is 12.8. The molecule has 132 valence electrons. The van der Waals surface area contributed by atoms with E-state index in [4.69, 9.17) is 4.74 Å². The summed E-state index contributed by atoms with van der Waals surface area (Å²) in [6, 6.07) is 7.89. The molecule has 4 atom stereocenters. The Bertz CT molecular complexity index is 724. The Morgan fingerprint density at radius 3 is 2.76 bits per heavy atom. The lowest BCUT2D eigenvalue weighted by atomic mass is 9.84. The van der Waals surface area contributed by atoms with Gasteiger partial charge in [-0.15, -0.1) is 0 Å². The van der Waals surface area contributed by atoms with Crippen LogP contribution >= 0.6 is 0 Å². The molecule has 1 heterocycles. The number of carbonyl (C=O) groups excluding carboxylic acids is 2. The third kappa shape index (κ3) is 2.41. The minimum atomic E-state index is -0.440. The van der Waals surface area contributed by atoms with E-state index in [1.54, 1.807) is 0 Å². The summed E-state index contributed by atoms with van der Waals surface area (Å²) >= 11 is 0. The van der Waals surface area contributed by atoms with Gasteiger partial charge in [0, 0.05) is 17.9 Å². The molecule has 1 N–H and O–H groups in total. The highest BCUT2D eigenvalue weighted by molar-refractivity contribution is 6.00. The number of para-hydroxylation sites is 1. The van der Waals surface area contributed by atoms with Gasteiger partial charge in [-0.05, 0) is 43.7 Å². The summed E-state index contributed by atoms with van der Waals surface area (Å²) in [4.78, 5) is 25.4. The summed E-state index contributed by atoms with van der Waals surface area (Å²) in [6.07, 6.45) is 8.29. The highest BCUT2D eigenvalue weighted by Gasteiger charge is 2.70. The van der Waals surface area contributed by atoms with Crippen molar-refractivity contribution in [1.82, 2.24) is 5.32 Å². The molecule has 0 bridgehead atoms. The molecule has 0 saturated heterocycles. The fourth-order valence-corrected chi connectivity index (χ4v) is 5.66. The van der Waals surface area contributed by atoms with Crippen LogP contribution in [0.25, 0.3) is 0 Å². The first-order chi connectivity index (χ1) is 12.2. The summed E-state index contributed by atoms with van der Waals surface area (Å²) in [6.45, 7) is 0. The molecule has 1 amide bonds. The van der Waals surface area contributed by atoms with Crippen LogP contribution in [0.2, 0.25) is 0 Å². The van der Waals surface area contributed by atoms with Crippen molar-refractivity contribution in [3.05, 3.63) is 29.8 Å². The minimum Gasteiger partial charge on any atom is -0.486 e. The number of rotatable bonds is 2. The minimum absolute atomic E-state index is 0.0498. The summed E-state index contributed by atoms with van der Waals surface area (Å²) in [7, 11) is 0. The molecule has 4 aliphatic rings. The first-order valence-electron chi connectivity index (χ1n) is 9.80. The molecular weight excluding hydrogens is 314 g/mol. The lowest BCUT2D eigenvalue weighted by Crippen LogP contribution is -2.45. The number of Topliss-reactive ketones (excluding diaryl/α,β-unsaturated/α-hetero) is 1. The lowest BCUT2D eigenvalue weighted by molar-refractivity contribution is -0.125. The van der Waals surface area contributed by atoms with Crippen molar-refractivity contribution in [3.63, 3.8) is 0 Å². The Morgan fingerprint density at radius 2 is 1.92 bits per heavy atom. The molecule has 4 heteroatoms. The van der Waals surface area contributed by atoms with Crippen LogP contribution in [0.3, 0.4) is 0 Å².